The number of hydrogen-bond donors (Lipinski definition) is 0. The van der Waals surface area contributed by atoms with Crippen LogP contribution in [0.4, 0.5) is 34.1 Å². The van der Waals surface area contributed by atoms with Crippen LogP contribution in [0.5, 0.6) is 0 Å². The highest BCUT2D eigenvalue weighted by Gasteiger charge is 2.23. The van der Waals surface area contributed by atoms with Gasteiger partial charge in [-0.05, 0) is 130 Å². The number of nitrogens with zero attached hydrogens (tertiary/aromatic N) is 2. The van der Waals surface area contributed by atoms with Crippen molar-refractivity contribution in [2.75, 3.05) is 9.80 Å². The zero-order valence-electron chi connectivity index (χ0n) is 38.4. The molecule has 0 saturated heterocycles. The third-order valence-electron chi connectivity index (χ3n) is 13.9. The van der Waals surface area contributed by atoms with Crippen molar-refractivity contribution in [1.82, 2.24) is 0 Å². The van der Waals surface area contributed by atoms with E-state index in [-0.39, 0.29) is 0 Å². The Morgan fingerprint density at radius 2 is 0.652 bits per heavy atom. The first-order valence-corrected chi connectivity index (χ1v) is 23.7. The van der Waals surface area contributed by atoms with Crippen molar-refractivity contribution in [2.45, 2.75) is 13.8 Å². The Balaban J connectivity index is 0.966. The first kappa shape index (κ1) is 40.4. The lowest BCUT2D eigenvalue weighted by Gasteiger charge is -2.30. The van der Waals surface area contributed by atoms with Gasteiger partial charge in [-0.3, -0.25) is 0 Å². The molecule has 1 aromatic heterocycles. The van der Waals surface area contributed by atoms with Gasteiger partial charge in [0.1, 0.15) is 11.2 Å². The van der Waals surface area contributed by atoms with E-state index >= 15 is 0 Å². The van der Waals surface area contributed by atoms with Gasteiger partial charge in [0.25, 0.3) is 0 Å². The minimum absolute atomic E-state index is 0.867. The van der Waals surface area contributed by atoms with Crippen molar-refractivity contribution in [1.29, 1.82) is 0 Å². The molecule has 0 amide bonds. The van der Waals surface area contributed by atoms with Crippen molar-refractivity contribution >= 4 is 99.2 Å². The largest absolute Gasteiger partial charge is 0.456 e. The smallest absolute Gasteiger partial charge is 0.136 e. The van der Waals surface area contributed by atoms with Crippen molar-refractivity contribution in [3.05, 3.63) is 254 Å². The van der Waals surface area contributed by atoms with Gasteiger partial charge in [-0.15, -0.1) is 0 Å². The molecule has 0 aliphatic heterocycles. The molecule has 0 bridgehead atoms. The Morgan fingerprint density at radius 1 is 0.275 bits per heavy atom. The molecule has 3 heteroatoms. The quantitative estimate of drug-likeness (QED) is 0.152. The summed E-state index contributed by atoms with van der Waals surface area (Å²) >= 11 is 0. The van der Waals surface area contributed by atoms with Crippen LogP contribution >= 0.6 is 0 Å². The molecular weight excluding hydrogens is 837 g/mol. The zero-order valence-corrected chi connectivity index (χ0v) is 38.4. The maximum absolute atomic E-state index is 6.88. The third-order valence-corrected chi connectivity index (χ3v) is 13.9. The summed E-state index contributed by atoms with van der Waals surface area (Å²) in [7, 11) is 0. The lowest BCUT2D eigenvalue weighted by atomic mass is 9.96. The van der Waals surface area contributed by atoms with Crippen LogP contribution in [0.25, 0.3) is 87.3 Å². The van der Waals surface area contributed by atoms with Crippen LogP contribution in [-0.2, 0) is 0 Å². The average Bonchev–Trinajstić information content (AvgIpc) is 3.74. The Morgan fingerprint density at radius 3 is 1.09 bits per heavy atom. The van der Waals surface area contributed by atoms with Crippen LogP contribution in [0.3, 0.4) is 0 Å². The predicted octanol–water partition coefficient (Wildman–Crippen LogP) is 19.1. The summed E-state index contributed by atoms with van der Waals surface area (Å²) in [5.74, 6) is 0. The van der Waals surface area contributed by atoms with Crippen LogP contribution in [-0.4, -0.2) is 0 Å². The number of fused-ring (bicyclic) bond motifs is 7. The van der Waals surface area contributed by atoms with Gasteiger partial charge >= 0.3 is 0 Å². The molecular formula is C66H46N2O. The number of rotatable bonds is 8. The summed E-state index contributed by atoms with van der Waals surface area (Å²) in [6.45, 7) is 4.29. The Hall–Kier alpha value is -8.92. The average molecular weight is 883 g/mol. The van der Waals surface area contributed by atoms with Crippen LogP contribution in [0.2, 0.25) is 0 Å². The fourth-order valence-corrected chi connectivity index (χ4v) is 10.4. The van der Waals surface area contributed by atoms with Gasteiger partial charge in [-0.2, -0.15) is 0 Å². The molecule has 0 spiro atoms. The van der Waals surface area contributed by atoms with Crippen molar-refractivity contribution in [3.8, 4) is 22.3 Å². The molecule has 13 rings (SSSR count). The first-order chi connectivity index (χ1) is 34.0. The monoisotopic (exact) mass is 882 g/mol. The number of furan rings is 1. The number of hydrogen-bond acceptors (Lipinski definition) is 3. The van der Waals surface area contributed by atoms with Gasteiger partial charge in [0.15, 0.2) is 0 Å². The Kier molecular flexibility index (Phi) is 9.62. The van der Waals surface area contributed by atoms with Crippen LogP contribution in [0, 0.1) is 13.8 Å². The van der Waals surface area contributed by atoms with Gasteiger partial charge in [-0.1, -0.05) is 181 Å². The molecule has 0 saturated carbocycles. The topological polar surface area (TPSA) is 19.6 Å². The van der Waals surface area contributed by atoms with Crippen molar-refractivity contribution in [2.24, 2.45) is 0 Å². The maximum atomic E-state index is 6.88. The summed E-state index contributed by atoms with van der Waals surface area (Å²) < 4.78 is 6.88. The highest BCUT2D eigenvalue weighted by Crippen LogP contribution is 2.48. The molecule has 12 aromatic carbocycles. The lowest BCUT2D eigenvalue weighted by molar-refractivity contribution is 0.670. The minimum atomic E-state index is 0.867. The molecule has 1 heterocycles. The van der Waals surface area contributed by atoms with E-state index in [4.69, 9.17) is 4.42 Å². The second-order valence-electron chi connectivity index (χ2n) is 18.3. The number of benzene rings is 12. The maximum Gasteiger partial charge on any atom is 0.136 e. The van der Waals surface area contributed by atoms with E-state index in [0.29, 0.717) is 0 Å². The molecule has 0 aliphatic carbocycles. The van der Waals surface area contributed by atoms with Crippen LogP contribution < -0.4 is 9.80 Å². The van der Waals surface area contributed by atoms with Gasteiger partial charge in [-0.25, -0.2) is 0 Å². The molecule has 3 nitrogen and oxygen atoms in total. The second kappa shape index (κ2) is 16.4. The highest BCUT2D eigenvalue weighted by molar-refractivity contribution is 6.15. The van der Waals surface area contributed by atoms with Gasteiger partial charge in [0, 0.05) is 55.4 Å². The number of anilines is 6. The van der Waals surface area contributed by atoms with Gasteiger partial charge < -0.3 is 14.2 Å². The standard InChI is InChI=1S/C66H46N2O/c1-43-21-29-53(30-22-43)67(65-57-19-11-9-17-47(57)27-35-59(65)45-13-5-3-6-14-45)55-33-25-49-39-61-62-40-50-26-34-56(38-52(50)42-64(62)69-63(61)41-51(49)37-55)68(54-31-23-44(2)24-32-54)66-58-20-12-10-18-48(58)28-36-60(66)46-15-7-4-8-16-46/h3-42H,1-2H3. The summed E-state index contributed by atoms with van der Waals surface area (Å²) in [6.07, 6.45) is 0. The van der Waals surface area contributed by atoms with Crippen molar-refractivity contribution < 1.29 is 4.42 Å². The van der Waals surface area contributed by atoms with Gasteiger partial charge in [0.05, 0.1) is 11.4 Å². The highest BCUT2D eigenvalue weighted by atomic mass is 16.3. The Bertz CT molecular complexity index is 3810. The van der Waals surface area contributed by atoms with E-state index in [1.54, 1.807) is 0 Å². The summed E-state index contributed by atoms with van der Waals surface area (Å²) in [5, 5.41) is 11.5. The summed E-state index contributed by atoms with van der Waals surface area (Å²) in [4.78, 5) is 4.86. The normalized spacial score (nSPS) is 11.6. The molecule has 69 heavy (non-hydrogen) atoms. The summed E-state index contributed by atoms with van der Waals surface area (Å²) in [5.41, 5.74) is 15.5. The third kappa shape index (κ3) is 7.06. The number of aryl methyl sites for hydroxylation is 2. The molecule has 0 aliphatic rings. The molecule has 0 radical (unpaired) electrons. The van der Waals surface area contributed by atoms with E-state index < -0.39 is 0 Å². The molecule has 0 N–H and O–H groups in total. The fraction of sp³-hybridized carbons (Fsp3) is 0.0303. The van der Waals surface area contributed by atoms with E-state index in [0.717, 1.165) is 77.6 Å². The van der Waals surface area contributed by atoms with E-state index in [1.807, 2.05) is 0 Å². The molecule has 0 fully saturated rings. The fourth-order valence-electron chi connectivity index (χ4n) is 10.4. The van der Waals surface area contributed by atoms with E-state index in [1.165, 1.54) is 54.9 Å². The zero-order chi connectivity index (χ0) is 46.0. The lowest BCUT2D eigenvalue weighted by Crippen LogP contribution is -2.12. The van der Waals surface area contributed by atoms with E-state index in [2.05, 4.69) is 266 Å². The molecule has 0 unspecified atom stereocenters. The minimum Gasteiger partial charge on any atom is -0.456 e. The van der Waals surface area contributed by atoms with Gasteiger partial charge in [0.2, 0.25) is 0 Å². The van der Waals surface area contributed by atoms with Crippen molar-refractivity contribution in [3.63, 3.8) is 0 Å². The van der Waals surface area contributed by atoms with Crippen LogP contribution in [0.1, 0.15) is 11.1 Å². The Labute approximate surface area is 401 Å². The first-order valence-electron chi connectivity index (χ1n) is 23.7. The molecule has 326 valence electrons. The summed E-state index contributed by atoms with van der Waals surface area (Å²) in [6, 6.07) is 88.4. The van der Waals surface area contributed by atoms with E-state index in [9.17, 15) is 0 Å². The second-order valence-corrected chi connectivity index (χ2v) is 18.3. The SMILES string of the molecule is Cc1ccc(N(c2ccc3cc4c(cc3c2)oc2cc3cc(N(c5ccc(C)cc5)c5c(-c6ccccc6)ccc6ccccc56)ccc3cc24)c2c(-c3ccccc3)ccc3ccccc23)cc1. The predicted molar refractivity (Wildman–Crippen MR) is 293 cm³/mol. The molecule has 13 aromatic rings. The molecule has 0 atom stereocenters. The van der Waals surface area contributed by atoms with Crippen LogP contribution in [0.15, 0.2) is 247 Å².